The molecule has 10 heteroatoms. The van der Waals surface area contributed by atoms with Crippen LogP contribution in [0.5, 0.6) is 17.2 Å². The van der Waals surface area contributed by atoms with Crippen LogP contribution in [0, 0.1) is 10.1 Å². The molecule has 27 heavy (non-hydrogen) atoms. The zero-order chi connectivity index (χ0) is 20.0. The first kappa shape index (κ1) is 20.3. The summed E-state index contributed by atoms with van der Waals surface area (Å²) in [5.74, 6) is 0.852. The van der Waals surface area contributed by atoms with Gasteiger partial charge < -0.3 is 14.2 Å². The molecule has 1 N–H and O–H groups in total. The first-order valence-electron chi connectivity index (χ1n) is 8.07. The minimum Gasteiger partial charge on any atom is -0.495 e. The number of methoxy groups -OCH3 is 1. The van der Waals surface area contributed by atoms with Gasteiger partial charge in [0, 0.05) is 18.2 Å². The maximum atomic E-state index is 12.8. The highest BCUT2D eigenvalue weighted by molar-refractivity contribution is 7.92. The van der Waals surface area contributed by atoms with E-state index in [4.69, 9.17) is 14.2 Å². The van der Waals surface area contributed by atoms with Crippen molar-refractivity contribution in [2.75, 3.05) is 25.0 Å². The van der Waals surface area contributed by atoms with Crippen LogP contribution in [0.4, 0.5) is 11.4 Å². The highest BCUT2D eigenvalue weighted by Crippen LogP contribution is 2.33. The van der Waals surface area contributed by atoms with Gasteiger partial charge in [0.2, 0.25) is 0 Å². The number of nitro groups is 1. The number of hydrogen-bond acceptors (Lipinski definition) is 7. The lowest BCUT2D eigenvalue weighted by Gasteiger charge is -2.14. The van der Waals surface area contributed by atoms with Gasteiger partial charge in [-0.05, 0) is 32.0 Å². The summed E-state index contributed by atoms with van der Waals surface area (Å²) < 4.78 is 43.8. The Kier molecular flexibility index (Phi) is 6.45. The third-order valence-electron chi connectivity index (χ3n) is 3.44. The standard InChI is InChI=1S/C17H20N2O7S/c1-4-25-14-8-6-12(10-16(14)26-5-2)18-27(22,23)17-11-13(19(20)21)7-9-15(17)24-3/h6-11,18H,4-5H2,1-3H3. The molecule has 0 radical (unpaired) electrons. The summed E-state index contributed by atoms with van der Waals surface area (Å²) in [6, 6.07) is 7.92. The first-order valence-corrected chi connectivity index (χ1v) is 9.55. The number of anilines is 1. The van der Waals surface area contributed by atoms with E-state index in [9.17, 15) is 18.5 Å². The van der Waals surface area contributed by atoms with Crippen molar-refractivity contribution >= 4 is 21.4 Å². The molecule has 9 nitrogen and oxygen atoms in total. The largest absolute Gasteiger partial charge is 0.495 e. The highest BCUT2D eigenvalue weighted by Gasteiger charge is 2.23. The van der Waals surface area contributed by atoms with E-state index in [0.717, 1.165) is 6.07 Å². The smallest absolute Gasteiger partial charge is 0.271 e. The minimum atomic E-state index is -4.14. The Balaban J connectivity index is 2.43. The van der Waals surface area contributed by atoms with E-state index < -0.39 is 14.9 Å². The lowest BCUT2D eigenvalue weighted by Crippen LogP contribution is -2.14. The van der Waals surface area contributed by atoms with Crippen molar-refractivity contribution in [1.29, 1.82) is 0 Å². The van der Waals surface area contributed by atoms with Gasteiger partial charge in [0.1, 0.15) is 10.6 Å². The number of rotatable bonds is 9. The molecule has 0 unspecified atom stereocenters. The Morgan fingerprint density at radius 1 is 1.00 bits per heavy atom. The lowest BCUT2D eigenvalue weighted by atomic mass is 10.3. The van der Waals surface area contributed by atoms with E-state index in [1.807, 2.05) is 6.92 Å². The Hall–Kier alpha value is -3.01. The van der Waals surface area contributed by atoms with Gasteiger partial charge in [-0.15, -0.1) is 0 Å². The van der Waals surface area contributed by atoms with Crippen LogP contribution < -0.4 is 18.9 Å². The van der Waals surface area contributed by atoms with Crippen molar-refractivity contribution in [2.24, 2.45) is 0 Å². The number of sulfonamides is 1. The minimum absolute atomic E-state index is 0.0101. The first-order chi connectivity index (χ1) is 12.8. The zero-order valence-electron chi connectivity index (χ0n) is 15.1. The Morgan fingerprint density at radius 2 is 1.63 bits per heavy atom. The summed E-state index contributed by atoms with van der Waals surface area (Å²) in [5, 5.41) is 11.0. The maximum Gasteiger partial charge on any atom is 0.271 e. The number of non-ortho nitro benzene ring substituents is 1. The van der Waals surface area contributed by atoms with Crippen molar-refractivity contribution in [1.82, 2.24) is 0 Å². The van der Waals surface area contributed by atoms with Gasteiger partial charge in [-0.3, -0.25) is 14.8 Å². The van der Waals surface area contributed by atoms with Crippen LogP contribution in [0.15, 0.2) is 41.3 Å². The molecular weight excluding hydrogens is 376 g/mol. The molecule has 2 rings (SSSR count). The average Bonchev–Trinajstić information content (AvgIpc) is 2.63. The van der Waals surface area contributed by atoms with Crippen molar-refractivity contribution in [3.63, 3.8) is 0 Å². The van der Waals surface area contributed by atoms with Crippen molar-refractivity contribution < 1.29 is 27.6 Å². The number of hydrogen-bond donors (Lipinski definition) is 1. The summed E-state index contributed by atoms with van der Waals surface area (Å²) in [6.45, 7) is 4.41. The van der Waals surface area contributed by atoms with Gasteiger partial charge in [0.05, 0.1) is 30.9 Å². The molecule has 0 aliphatic heterocycles. The molecule has 2 aromatic carbocycles. The van der Waals surface area contributed by atoms with E-state index in [0.29, 0.717) is 24.7 Å². The van der Waals surface area contributed by atoms with Crippen LogP contribution in [-0.2, 0) is 10.0 Å². The lowest BCUT2D eigenvalue weighted by molar-refractivity contribution is -0.385. The number of nitrogens with zero attached hydrogens (tertiary/aromatic N) is 1. The van der Waals surface area contributed by atoms with Crippen LogP contribution in [0.3, 0.4) is 0 Å². The molecule has 0 aliphatic rings. The topological polar surface area (TPSA) is 117 Å². The predicted octanol–water partition coefficient (Wildman–Crippen LogP) is 3.20. The Morgan fingerprint density at radius 3 is 2.22 bits per heavy atom. The van der Waals surface area contributed by atoms with E-state index in [1.54, 1.807) is 13.0 Å². The summed E-state index contributed by atoms with van der Waals surface area (Å²) in [6.07, 6.45) is 0. The molecule has 0 amide bonds. The monoisotopic (exact) mass is 396 g/mol. The summed E-state index contributed by atoms with van der Waals surface area (Å²) in [4.78, 5) is 9.95. The molecule has 0 saturated heterocycles. The maximum absolute atomic E-state index is 12.8. The van der Waals surface area contributed by atoms with Crippen LogP contribution in [0.1, 0.15) is 13.8 Å². The third kappa shape index (κ3) is 4.79. The molecule has 0 fully saturated rings. The summed E-state index contributed by atoms with van der Waals surface area (Å²) >= 11 is 0. The fraction of sp³-hybridized carbons (Fsp3) is 0.294. The molecule has 2 aromatic rings. The number of nitro benzene ring substituents is 1. The van der Waals surface area contributed by atoms with Gasteiger partial charge in [-0.2, -0.15) is 0 Å². The SMILES string of the molecule is CCOc1ccc(NS(=O)(=O)c2cc([N+](=O)[O-])ccc2OC)cc1OCC. The van der Waals surface area contributed by atoms with Crippen LogP contribution in [0.25, 0.3) is 0 Å². The second kappa shape index (κ2) is 8.58. The average molecular weight is 396 g/mol. The zero-order valence-corrected chi connectivity index (χ0v) is 15.9. The van der Waals surface area contributed by atoms with E-state index in [2.05, 4.69) is 4.72 Å². The van der Waals surface area contributed by atoms with Crippen molar-refractivity contribution in [3.8, 4) is 17.2 Å². The van der Waals surface area contributed by atoms with Crippen LogP contribution >= 0.6 is 0 Å². The Labute approximate surface area is 157 Å². The van der Waals surface area contributed by atoms with Crippen LogP contribution in [-0.4, -0.2) is 33.7 Å². The van der Waals surface area contributed by atoms with Gasteiger partial charge in [0.25, 0.3) is 15.7 Å². The van der Waals surface area contributed by atoms with E-state index >= 15 is 0 Å². The fourth-order valence-electron chi connectivity index (χ4n) is 2.31. The molecule has 0 aliphatic carbocycles. The number of benzene rings is 2. The molecular formula is C17H20N2O7S. The normalized spacial score (nSPS) is 10.9. The van der Waals surface area contributed by atoms with Gasteiger partial charge in [-0.1, -0.05) is 0 Å². The summed E-state index contributed by atoms with van der Waals surface area (Å²) in [5.41, 5.74) is -0.145. The van der Waals surface area contributed by atoms with Gasteiger partial charge in [-0.25, -0.2) is 8.42 Å². The fourth-order valence-corrected chi connectivity index (χ4v) is 3.55. The van der Waals surface area contributed by atoms with Crippen molar-refractivity contribution in [3.05, 3.63) is 46.5 Å². The second-order valence-electron chi connectivity index (χ2n) is 5.23. The van der Waals surface area contributed by atoms with Crippen molar-refractivity contribution in [2.45, 2.75) is 18.7 Å². The Bertz CT molecular complexity index is 929. The van der Waals surface area contributed by atoms with Gasteiger partial charge in [0.15, 0.2) is 11.5 Å². The number of nitrogens with one attached hydrogen (secondary N) is 1. The number of ether oxygens (including phenoxy) is 3. The quantitative estimate of drug-likeness (QED) is 0.511. The molecule has 146 valence electrons. The predicted molar refractivity (Wildman–Crippen MR) is 99.2 cm³/mol. The van der Waals surface area contributed by atoms with Crippen LogP contribution in [0.2, 0.25) is 0 Å². The highest BCUT2D eigenvalue weighted by atomic mass is 32.2. The second-order valence-corrected chi connectivity index (χ2v) is 6.88. The molecule has 0 saturated carbocycles. The van der Waals surface area contributed by atoms with E-state index in [1.165, 1.54) is 31.4 Å². The molecule has 0 spiro atoms. The molecule has 0 bridgehead atoms. The molecule has 0 aromatic heterocycles. The third-order valence-corrected chi connectivity index (χ3v) is 4.85. The van der Waals surface area contributed by atoms with Gasteiger partial charge >= 0.3 is 0 Å². The van der Waals surface area contributed by atoms with E-state index in [-0.39, 0.29) is 22.0 Å². The summed E-state index contributed by atoms with van der Waals surface area (Å²) in [7, 11) is -2.86. The molecule has 0 atom stereocenters. The molecule has 0 heterocycles.